The summed E-state index contributed by atoms with van der Waals surface area (Å²) in [5.41, 5.74) is 0.361. The zero-order valence-corrected chi connectivity index (χ0v) is 27.6. The summed E-state index contributed by atoms with van der Waals surface area (Å²) in [6.07, 6.45) is 40.6. The fraction of sp³-hybridized carbons (Fsp3) is 1.00. The van der Waals surface area contributed by atoms with Crippen LogP contribution < -0.4 is 0 Å². The van der Waals surface area contributed by atoms with Gasteiger partial charge < -0.3 is 4.74 Å². The van der Waals surface area contributed by atoms with Crippen molar-refractivity contribution >= 4 is 0 Å². The van der Waals surface area contributed by atoms with Gasteiger partial charge in [0, 0.05) is 6.61 Å². The van der Waals surface area contributed by atoms with Crippen molar-refractivity contribution in [3.05, 3.63) is 0 Å². The van der Waals surface area contributed by atoms with E-state index < -0.39 is 0 Å². The van der Waals surface area contributed by atoms with Gasteiger partial charge in [0.1, 0.15) is 0 Å². The zero-order valence-electron chi connectivity index (χ0n) is 27.6. The molecule has 0 heterocycles. The highest BCUT2D eigenvalue weighted by Crippen LogP contribution is 2.32. The molecule has 0 aliphatic heterocycles. The molecule has 0 spiro atoms. The molecule has 0 aromatic rings. The van der Waals surface area contributed by atoms with E-state index in [1.54, 1.807) is 0 Å². The fourth-order valence-electron chi connectivity index (χ4n) is 6.03. The third-order valence-electron chi connectivity index (χ3n) is 8.89. The lowest BCUT2D eigenvalue weighted by molar-refractivity contribution is 0.0378. The number of alkyl halides is 1. The number of hydrogen-bond acceptors (Lipinski definition) is 1. The Morgan fingerprint density at radius 2 is 0.718 bits per heavy atom. The van der Waals surface area contributed by atoms with Crippen LogP contribution >= 0.6 is 0 Å². The second-order valence-corrected chi connectivity index (χ2v) is 13.2. The van der Waals surface area contributed by atoms with E-state index in [1.165, 1.54) is 180 Å². The van der Waals surface area contributed by atoms with Crippen molar-refractivity contribution in [2.24, 2.45) is 5.41 Å². The van der Waals surface area contributed by atoms with Crippen LogP contribution in [0.2, 0.25) is 0 Å². The molecule has 0 aromatic heterocycles. The maximum Gasteiger partial charge on any atom is 0.0894 e. The largest absolute Gasteiger partial charge is 0.381 e. The van der Waals surface area contributed by atoms with Gasteiger partial charge in [0.25, 0.3) is 0 Å². The molecule has 0 atom stereocenters. The topological polar surface area (TPSA) is 9.23 Å². The molecule has 0 aliphatic carbocycles. The average Bonchev–Trinajstić information content (AvgIpc) is 2.94. The van der Waals surface area contributed by atoms with Crippen molar-refractivity contribution in [1.82, 2.24) is 0 Å². The Balaban J connectivity index is 4.05. The van der Waals surface area contributed by atoms with E-state index in [1.807, 2.05) is 0 Å². The van der Waals surface area contributed by atoms with E-state index >= 15 is 0 Å². The number of halogens is 1. The summed E-state index contributed by atoms with van der Waals surface area (Å²) in [6.45, 7) is 8.82. The molecule has 0 fully saturated rings. The summed E-state index contributed by atoms with van der Waals surface area (Å²) in [5, 5.41) is 0. The molecule has 0 unspecified atom stereocenters. The van der Waals surface area contributed by atoms with Gasteiger partial charge in [0.2, 0.25) is 0 Å². The van der Waals surface area contributed by atoms with Crippen molar-refractivity contribution in [3.8, 4) is 0 Å². The molecule has 0 saturated heterocycles. The molecule has 1 nitrogen and oxygen atoms in total. The maximum atomic E-state index is 12.2. The summed E-state index contributed by atoms with van der Waals surface area (Å²) in [4.78, 5) is 0. The van der Waals surface area contributed by atoms with Gasteiger partial charge in [-0.25, -0.2) is 0 Å². The second-order valence-electron chi connectivity index (χ2n) is 13.2. The van der Waals surface area contributed by atoms with Crippen LogP contribution in [0.5, 0.6) is 0 Å². The van der Waals surface area contributed by atoms with Gasteiger partial charge in [-0.2, -0.15) is 0 Å². The Morgan fingerprint density at radius 3 is 1.08 bits per heavy atom. The minimum absolute atomic E-state index is 0.153. The molecule has 0 aromatic carbocycles. The zero-order chi connectivity index (χ0) is 28.5. The maximum absolute atomic E-state index is 12.2. The average molecular weight is 555 g/mol. The van der Waals surface area contributed by atoms with Crippen LogP contribution in [0.3, 0.4) is 0 Å². The van der Waals surface area contributed by atoms with Crippen LogP contribution in [-0.4, -0.2) is 19.9 Å². The lowest BCUT2D eigenvalue weighted by Gasteiger charge is -2.30. The molecule has 2 heteroatoms. The van der Waals surface area contributed by atoms with Gasteiger partial charge in [-0.3, -0.25) is 4.39 Å². The first kappa shape index (κ1) is 38.9. The first-order valence-electron chi connectivity index (χ1n) is 18.3. The molecule has 39 heavy (non-hydrogen) atoms. The summed E-state index contributed by atoms with van der Waals surface area (Å²) in [6, 6.07) is 0. The number of ether oxygens (including phenoxy) is 1. The minimum atomic E-state index is -0.153. The summed E-state index contributed by atoms with van der Waals surface area (Å²) < 4.78 is 18.5. The van der Waals surface area contributed by atoms with Crippen molar-refractivity contribution in [1.29, 1.82) is 0 Å². The van der Waals surface area contributed by atoms with E-state index in [2.05, 4.69) is 20.8 Å². The number of unbranched alkanes of at least 4 members (excludes halogenated alkanes) is 25. The molecule has 236 valence electrons. The third kappa shape index (κ3) is 30.7. The first-order valence-corrected chi connectivity index (χ1v) is 18.3. The Labute approximate surface area is 247 Å². The van der Waals surface area contributed by atoms with Crippen molar-refractivity contribution in [2.45, 2.75) is 213 Å². The molecular weight excluding hydrogens is 479 g/mol. The molecule has 0 saturated carbocycles. The Bertz CT molecular complexity index is 411. The van der Waals surface area contributed by atoms with Gasteiger partial charge in [0.05, 0.1) is 13.3 Å². The van der Waals surface area contributed by atoms with Gasteiger partial charge in [-0.15, -0.1) is 0 Å². The highest BCUT2D eigenvalue weighted by molar-refractivity contribution is 4.74. The van der Waals surface area contributed by atoms with E-state index in [0.29, 0.717) is 5.41 Å². The van der Waals surface area contributed by atoms with Crippen LogP contribution in [0.4, 0.5) is 4.39 Å². The van der Waals surface area contributed by atoms with E-state index in [-0.39, 0.29) is 6.67 Å². The summed E-state index contributed by atoms with van der Waals surface area (Å²) in [7, 11) is 0. The van der Waals surface area contributed by atoms with Crippen LogP contribution in [0.25, 0.3) is 0 Å². The Morgan fingerprint density at radius 1 is 0.410 bits per heavy atom. The van der Waals surface area contributed by atoms with Crippen molar-refractivity contribution < 1.29 is 9.13 Å². The van der Waals surface area contributed by atoms with Crippen molar-refractivity contribution in [2.75, 3.05) is 19.9 Å². The Kier molecular flexibility index (Phi) is 32.3. The quantitative estimate of drug-likeness (QED) is 0.0719. The van der Waals surface area contributed by atoms with E-state index in [4.69, 9.17) is 4.74 Å². The van der Waals surface area contributed by atoms with E-state index in [0.717, 1.165) is 26.1 Å². The number of rotatable bonds is 34. The van der Waals surface area contributed by atoms with Crippen LogP contribution in [-0.2, 0) is 4.74 Å². The second kappa shape index (κ2) is 32.4. The monoisotopic (exact) mass is 555 g/mol. The van der Waals surface area contributed by atoms with Crippen LogP contribution in [0.1, 0.15) is 213 Å². The predicted molar refractivity (Wildman–Crippen MR) is 175 cm³/mol. The van der Waals surface area contributed by atoms with Gasteiger partial charge in [-0.05, 0) is 31.1 Å². The highest BCUT2D eigenvalue weighted by Gasteiger charge is 2.23. The third-order valence-corrected chi connectivity index (χ3v) is 8.89. The van der Waals surface area contributed by atoms with Crippen LogP contribution in [0, 0.1) is 5.41 Å². The normalized spacial score (nSPS) is 12.0. The molecule has 0 amide bonds. The minimum Gasteiger partial charge on any atom is -0.381 e. The molecule has 0 aliphatic rings. The Hall–Kier alpha value is -0.110. The van der Waals surface area contributed by atoms with Crippen molar-refractivity contribution in [3.63, 3.8) is 0 Å². The van der Waals surface area contributed by atoms with Gasteiger partial charge in [-0.1, -0.05) is 188 Å². The first-order chi connectivity index (χ1) is 19.2. The molecule has 0 bridgehead atoms. The standard InChI is InChI=1S/C37H75FO/c1-4-6-8-10-12-14-16-18-20-24-28-32-37(3,36-39-35-31-27-23-22-26-30-34-38)33-29-25-21-19-17-15-13-11-9-7-5-2/h4-36H2,1-3H3. The summed E-state index contributed by atoms with van der Waals surface area (Å²) in [5.74, 6) is 0. The lowest BCUT2D eigenvalue weighted by atomic mass is 9.80. The smallest absolute Gasteiger partial charge is 0.0894 e. The molecule has 0 radical (unpaired) electrons. The molecule has 0 rings (SSSR count). The van der Waals surface area contributed by atoms with Gasteiger partial charge in [0.15, 0.2) is 0 Å². The van der Waals surface area contributed by atoms with E-state index in [9.17, 15) is 4.39 Å². The number of hydrogen-bond donors (Lipinski definition) is 0. The lowest BCUT2D eigenvalue weighted by Crippen LogP contribution is -2.24. The fourth-order valence-corrected chi connectivity index (χ4v) is 6.03. The van der Waals surface area contributed by atoms with Crippen LogP contribution in [0.15, 0.2) is 0 Å². The summed E-state index contributed by atoms with van der Waals surface area (Å²) >= 11 is 0. The SMILES string of the molecule is CCCCCCCCCCCCCC(C)(CCCCCCCCCCCCC)COCCCCCCCCF. The van der Waals surface area contributed by atoms with Gasteiger partial charge >= 0.3 is 0 Å². The molecular formula is C37H75FO. The predicted octanol–water partition coefficient (Wildman–Crippen LogP) is 13.7. The highest BCUT2D eigenvalue weighted by atomic mass is 19.1. The molecule has 0 N–H and O–H groups in total.